The highest BCUT2D eigenvalue weighted by molar-refractivity contribution is 7.19. The summed E-state index contributed by atoms with van der Waals surface area (Å²) >= 11 is 1.55. The van der Waals surface area contributed by atoms with E-state index in [4.69, 9.17) is 5.10 Å². The van der Waals surface area contributed by atoms with Gasteiger partial charge in [-0.2, -0.15) is 5.10 Å². The van der Waals surface area contributed by atoms with Crippen LogP contribution in [0.5, 0.6) is 0 Å². The van der Waals surface area contributed by atoms with E-state index in [1.807, 2.05) is 6.20 Å². The van der Waals surface area contributed by atoms with Crippen molar-refractivity contribution in [3.63, 3.8) is 0 Å². The number of anilines is 1. The first-order valence-corrected chi connectivity index (χ1v) is 10.6. The predicted molar refractivity (Wildman–Crippen MR) is 113 cm³/mol. The molecular weight excluding hydrogens is 370 g/mol. The zero-order valence-electron chi connectivity index (χ0n) is 16.7. The average Bonchev–Trinajstić information content (AvgIpc) is 3.18. The van der Waals surface area contributed by atoms with Crippen molar-refractivity contribution < 1.29 is 4.79 Å². The zero-order valence-corrected chi connectivity index (χ0v) is 17.6. The van der Waals surface area contributed by atoms with Crippen molar-refractivity contribution in [2.75, 3.05) is 5.32 Å². The molecule has 146 valence electrons. The fraction of sp³-hybridized carbons (Fsp3) is 0.429. The van der Waals surface area contributed by atoms with Gasteiger partial charge in [0, 0.05) is 36.0 Å². The van der Waals surface area contributed by atoms with Crippen molar-refractivity contribution in [2.45, 2.75) is 59.4 Å². The molecular formula is C21H25N5OS. The lowest BCUT2D eigenvalue weighted by atomic mass is 10.0. The maximum Gasteiger partial charge on any atom is 0.223 e. The second-order valence-corrected chi connectivity index (χ2v) is 8.43. The van der Waals surface area contributed by atoms with Crippen LogP contribution in [0.4, 0.5) is 5.13 Å². The highest BCUT2D eigenvalue weighted by atomic mass is 32.1. The number of pyridine rings is 1. The van der Waals surface area contributed by atoms with Gasteiger partial charge in [-0.25, -0.2) is 4.98 Å². The Morgan fingerprint density at radius 2 is 2.14 bits per heavy atom. The Morgan fingerprint density at radius 3 is 2.79 bits per heavy atom. The molecule has 1 aliphatic carbocycles. The molecule has 3 aromatic heterocycles. The summed E-state index contributed by atoms with van der Waals surface area (Å²) in [5.41, 5.74) is 6.62. The molecule has 1 N–H and O–H groups in total. The number of thiazole rings is 1. The van der Waals surface area contributed by atoms with E-state index < -0.39 is 0 Å². The molecule has 0 saturated carbocycles. The van der Waals surface area contributed by atoms with Crippen molar-refractivity contribution in [1.29, 1.82) is 0 Å². The summed E-state index contributed by atoms with van der Waals surface area (Å²) in [7, 11) is 0. The van der Waals surface area contributed by atoms with Crippen molar-refractivity contribution in [3.8, 4) is 21.8 Å². The molecule has 0 atom stereocenters. The summed E-state index contributed by atoms with van der Waals surface area (Å²) in [5.74, 6) is -0.0933. The summed E-state index contributed by atoms with van der Waals surface area (Å²) in [6.07, 6.45) is 5.75. The molecule has 0 saturated heterocycles. The smallest absolute Gasteiger partial charge is 0.223 e. The number of hydrogen-bond donors (Lipinski definition) is 1. The van der Waals surface area contributed by atoms with Crippen LogP contribution in [-0.2, 0) is 24.1 Å². The molecule has 3 heterocycles. The van der Waals surface area contributed by atoms with Crippen LogP contribution < -0.4 is 5.32 Å². The number of aromatic nitrogens is 4. The van der Waals surface area contributed by atoms with Crippen LogP contribution in [0.25, 0.3) is 21.8 Å². The van der Waals surface area contributed by atoms with Crippen LogP contribution in [0, 0.1) is 0 Å². The van der Waals surface area contributed by atoms with Crippen LogP contribution in [0.1, 0.15) is 57.1 Å². The molecule has 0 aliphatic heterocycles. The van der Waals surface area contributed by atoms with Gasteiger partial charge < -0.3 is 5.32 Å². The highest BCUT2D eigenvalue weighted by Gasteiger charge is 2.28. The number of carbonyl (C=O) groups is 1. The predicted octanol–water partition coefficient (Wildman–Crippen LogP) is 4.66. The van der Waals surface area contributed by atoms with Gasteiger partial charge in [0.1, 0.15) is 0 Å². The number of nitrogens with one attached hydrogen (secondary N) is 1. The van der Waals surface area contributed by atoms with Crippen molar-refractivity contribution >= 4 is 22.4 Å². The topological polar surface area (TPSA) is 72.7 Å². The maximum atomic E-state index is 11.5. The number of nitrogens with zero attached hydrogens (tertiary/aromatic N) is 4. The number of hydrogen-bond acceptors (Lipinski definition) is 5. The summed E-state index contributed by atoms with van der Waals surface area (Å²) in [5, 5.41) is 8.50. The molecule has 3 aromatic rings. The van der Waals surface area contributed by atoms with Crippen LogP contribution in [-0.4, -0.2) is 25.7 Å². The normalized spacial score (nSPS) is 13.2. The van der Waals surface area contributed by atoms with Crippen molar-refractivity contribution in [3.05, 3.63) is 35.3 Å². The van der Waals surface area contributed by atoms with E-state index in [0.717, 1.165) is 58.9 Å². The molecule has 0 fully saturated rings. The summed E-state index contributed by atoms with van der Waals surface area (Å²) in [6, 6.07) is 4.43. The number of amides is 1. The van der Waals surface area contributed by atoms with Gasteiger partial charge in [0.25, 0.3) is 0 Å². The van der Waals surface area contributed by atoms with Crippen molar-refractivity contribution in [2.24, 2.45) is 0 Å². The molecule has 0 radical (unpaired) electrons. The number of fused-ring (bicyclic) bond motifs is 3. The van der Waals surface area contributed by atoms with E-state index in [9.17, 15) is 4.79 Å². The van der Waals surface area contributed by atoms with E-state index in [0.29, 0.717) is 5.13 Å². The molecule has 0 unspecified atom stereocenters. The second kappa shape index (κ2) is 7.47. The van der Waals surface area contributed by atoms with Crippen LogP contribution in [0.2, 0.25) is 0 Å². The van der Waals surface area contributed by atoms with Gasteiger partial charge >= 0.3 is 0 Å². The van der Waals surface area contributed by atoms with Gasteiger partial charge in [-0.15, -0.1) is 0 Å². The number of carbonyl (C=O) groups excluding carboxylic acids is 1. The minimum Gasteiger partial charge on any atom is -0.302 e. The lowest BCUT2D eigenvalue weighted by Crippen LogP contribution is -2.05. The molecule has 7 heteroatoms. The molecule has 1 amide bonds. The molecule has 28 heavy (non-hydrogen) atoms. The van der Waals surface area contributed by atoms with Crippen LogP contribution >= 0.6 is 11.3 Å². The Kier molecular flexibility index (Phi) is 5.02. The quantitative estimate of drug-likeness (QED) is 0.697. The van der Waals surface area contributed by atoms with Crippen LogP contribution in [0.15, 0.2) is 18.3 Å². The first-order valence-electron chi connectivity index (χ1n) is 9.82. The highest BCUT2D eigenvalue weighted by Crippen LogP contribution is 2.43. The van der Waals surface area contributed by atoms with Crippen molar-refractivity contribution in [1.82, 2.24) is 19.7 Å². The zero-order chi connectivity index (χ0) is 19.8. The van der Waals surface area contributed by atoms with E-state index in [2.05, 4.69) is 52.9 Å². The third-order valence-corrected chi connectivity index (χ3v) is 6.01. The molecule has 0 bridgehead atoms. The monoisotopic (exact) mass is 395 g/mol. The molecule has 6 nitrogen and oxygen atoms in total. The summed E-state index contributed by atoms with van der Waals surface area (Å²) < 4.78 is 2.11. The van der Waals surface area contributed by atoms with E-state index in [-0.39, 0.29) is 11.9 Å². The first-order chi connectivity index (χ1) is 13.5. The van der Waals surface area contributed by atoms with E-state index in [1.54, 1.807) is 11.3 Å². The maximum absolute atomic E-state index is 11.5. The van der Waals surface area contributed by atoms with Crippen LogP contribution in [0.3, 0.4) is 0 Å². The van der Waals surface area contributed by atoms with E-state index >= 15 is 0 Å². The Hall–Kier alpha value is -2.54. The van der Waals surface area contributed by atoms with Gasteiger partial charge in [0.05, 0.1) is 22.0 Å². The summed E-state index contributed by atoms with van der Waals surface area (Å²) in [4.78, 5) is 21.9. The number of aryl methyl sites for hydroxylation is 2. The third-order valence-electron chi connectivity index (χ3n) is 4.99. The van der Waals surface area contributed by atoms with Gasteiger partial charge in [0.2, 0.25) is 5.91 Å². The fourth-order valence-corrected chi connectivity index (χ4v) is 4.79. The van der Waals surface area contributed by atoms with Gasteiger partial charge in [0.15, 0.2) is 5.13 Å². The molecule has 0 spiro atoms. The Labute approximate surface area is 169 Å². The standard InChI is InChI=1S/C21H25N5OS/c1-5-15-10-9-14(11-22-15)18-16-7-6-8-17-20(19(16)26(25-18)12(2)3)28-21(24-17)23-13(4)27/h9-12H,5-8H2,1-4H3,(H,23,24,27). The number of rotatable bonds is 4. The lowest BCUT2D eigenvalue weighted by Gasteiger charge is -2.10. The van der Waals surface area contributed by atoms with Gasteiger partial charge in [-0.1, -0.05) is 18.3 Å². The second-order valence-electron chi connectivity index (χ2n) is 7.44. The Bertz CT molecular complexity index is 1020. The van der Waals surface area contributed by atoms with Gasteiger partial charge in [-0.3, -0.25) is 14.5 Å². The van der Waals surface area contributed by atoms with E-state index in [1.165, 1.54) is 12.5 Å². The Morgan fingerprint density at radius 1 is 1.32 bits per heavy atom. The molecule has 4 rings (SSSR count). The Balaban J connectivity index is 1.88. The lowest BCUT2D eigenvalue weighted by molar-refractivity contribution is -0.114. The average molecular weight is 396 g/mol. The first kappa shape index (κ1) is 18.8. The molecule has 1 aliphatic rings. The summed E-state index contributed by atoms with van der Waals surface area (Å²) in [6.45, 7) is 7.92. The van der Waals surface area contributed by atoms with Gasteiger partial charge in [-0.05, 0) is 51.7 Å². The minimum atomic E-state index is -0.0933. The largest absolute Gasteiger partial charge is 0.302 e. The minimum absolute atomic E-state index is 0.0933. The third kappa shape index (κ3) is 3.35. The molecule has 0 aromatic carbocycles. The SMILES string of the molecule is CCc1ccc(-c2nn(C(C)C)c3c2CCCc2nc(NC(C)=O)sc2-3)cn1. The fourth-order valence-electron chi connectivity index (χ4n) is 3.67.